The number of aromatic nitrogens is 4. The number of nitrogens with zero attached hydrogens (tertiary/aromatic N) is 3. The highest BCUT2D eigenvalue weighted by Gasteiger charge is 2.50. The van der Waals surface area contributed by atoms with Crippen molar-refractivity contribution in [2.45, 2.75) is 78.4 Å². The van der Waals surface area contributed by atoms with Gasteiger partial charge in [0.1, 0.15) is 18.1 Å². The van der Waals surface area contributed by atoms with Crippen LogP contribution in [0.5, 0.6) is 11.5 Å². The Morgan fingerprint density at radius 2 is 1.24 bits per heavy atom. The highest BCUT2D eigenvalue weighted by atomic mass is 28.4. The molecule has 6 rings (SSSR count). The first-order chi connectivity index (χ1) is 27.7. The number of hydrogen-bond donors (Lipinski definition) is 2. The third kappa shape index (κ3) is 13.1. The normalized spacial score (nSPS) is 11.4. The number of aliphatic hydroxyl groups is 1. The van der Waals surface area contributed by atoms with E-state index in [-0.39, 0.29) is 42.2 Å². The number of hydrogen-bond acceptors (Lipinski definition) is 10. The van der Waals surface area contributed by atoms with Crippen molar-refractivity contribution in [2.75, 3.05) is 6.61 Å². The molecule has 2 N–H and O–H groups in total. The Bertz CT molecular complexity index is 2150. The molecule has 2 aromatic heterocycles. The van der Waals surface area contributed by atoms with E-state index in [1.54, 1.807) is 24.3 Å². The van der Waals surface area contributed by atoms with Crippen molar-refractivity contribution in [1.82, 2.24) is 20.0 Å². The molecular weight excluding hydrogens is 781 g/mol. The van der Waals surface area contributed by atoms with Crippen LogP contribution in [0.15, 0.2) is 128 Å². The lowest BCUT2D eigenvalue weighted by Gasteiger charge is -2.42. The summed E-state index contributed by atoms with van der Waals surface area (Å²) in [5.41, 5.74) is 1.74. The summed E-state index contributed by atoms with van der Waals surface area (Å²) < 4.78 is 74.6. The van der Waals surface area contributed by atoms with Gasteiger partial charge in [0.15, 0.2) is 0 Å². The number of aryl methyl sites for hydroxylation is 3. The predicted molar refractivity (Wildman–Crippen MR) is 210 cm³/mol. The molecular formula is C41H46F4N4O8Si. The van der Waals surface area contributed by atoms with Gasteiger partial charge in [0.25, 0.3) is 8.32 Å². The monoisotopic (exact) mass is 826 g/mol. The number of benzene rings is 4. The van der Waals surface area contributed by atoms with Crippen molar-refractivity contribution in [1.29, 1.82) is 0 Å². The average Bonchev–Trinajstić information content (AvgIpc) is 3.79. The van der Waals surface area contributed by atoms with Gasteiger partial charge in [0, 0.05) is 13.0 Å². The van der Waals surface area contributed by atoms with Gasteiger partial charge < -0.3 is 27.8 Å². The molecule has 0 aliphatic carbocycles. The van der Waals surface area contributed by atoms with Crippen molar-refractivity contribution in [3.8, 4) is 11.5 Å². The van der Waals surface area contributed by atoms with E-state index in [1.165, 1.54) is 28.9 Å². The van der Waals surface area contributed by atoms with E-state index in [0.29, 0.717) is 25.2 Å². The van der Waals surface area contributed by atoms with Gasteiger partial charge in [-0.3, -0.25) is 0 Å². The number of alkyl halides is 4. The summed E-state index contributed by atoms with van der Waals surface area (Å²) in [5.74, 6) is -0.175. The van der Waals surface area contributed by atoms with Gasteiger partial charge in [-0.05, 0) is 63.6 Å². The number of H-pyrrole nitrogens is 1. The van der Waals surface area contributed by atoms with Gasteiger partial charge in [-0.1, -0.05) is 113 Å². The van der Waals surface area contributed by atoms with E-state index in [4.69, 9.17) is 13.9 Å². The second kappa shape index (κ2) is 21.7. The lowest BCUT2D eigenvalue weighted by atomic mass is 10.1. The summed E-state index contributed by atoms with van der Waals surface area (Å²) in [7, 11) is -2.81. The molecule has 4 aromatic carbocycles. The third-order valence-electron chi connectivity index (χ3n) is 8.57. The third-order valence-corrected chi connectivity index (χ3v) is 13.6. The van der Waals surface area contributed by atoms with Crippen LogP contribution in [0, 0.1) is 0 Å². The van der Waals surface area contributed by atoms with Crippen LogP contribution in [0.2, 0.25) is 5.04 Å². The summed E-state index contributed by atoms with van der Waals surface area (Å²) in [4.78, 5) is 22.6. The average molecular weight is 827 g/mol. The Morgan fingerprint density at radius 1 is 0.741 bits per heavy atom. The Hall–Kier alpha value is -5.78. The molecule has 0 aliphatic rings. The Labute approximate surface area is 333 Å². The zero-order chi connectivity index (χ0) is 42.1. The molecule has 6 aromatic rings. The molecule has 310 valence electrons. The number of ether oxygens (including phenoxy) is 2. The first-order valence-electron chi connectivity index (χ1n) is 18.3. The van der Waals surface area contributed by atoms with E-state index in [2.05, 4.69) is 74.2 Å². The van der Waals surface area contributed by atoms with Gasteiger partial charge in [0.2, 0.25) is 11.8 Å². The van der Waals surface area contributed by atoms with Gasteiger partial charge in [-0.25, -0.2) is 14.7 Å². The maximum absolute atomic E-state index is 12.5. The molecule has 0 amide bonds. The Kier molecular flexibility index (Phi) is 16.8. The molecule has 58 heavy (non-hydrogen) atoms. The van der Waals surface area contributed by atoms with Crippen LogP contribution in [0.4, 0.5) is 17.6 Å². The van der Waals surface area contributed by atoms with Crippen LogP contribution in [-0.2, 0) is 36.8 Å². The topological polar surface area (TPSA) is 155 Å². The molecule has 17 heteroatoms. The largest absolute Gasteiger partial charge is 0.437 e. The van der Waals surface area contributed by atoms with Crippen LogP contribution in [0.1, 0.15) is 50.6 Å². The fraction of sp³-hybridized carbons (Fsp3) is 0.317. The molecule has 0 spiro atoms. The van der Waals surface area contributed by atoms with E-state index in [1.807, 2.05) is 43.3 Å². The van der Waals surface area contributed by atoms with E-state index in [9.17, 15) is 27.2 Å². The van der Waals surface area contributed by atoms with Crippen molar-refractivity contribution in [3.05, 3.63) is 153 Å². The van der Waals surface area contributed by atoms with Gasteiger partial charge in [0.05, 0.1) is 6.54 Å². The van der Waals surface area contributed by atoms with Gasteiger partial charge in [-0.2, -0.15) is 22.2 Å². The maximum Gasteiger partial charge on any atom is 0.437 e. The molecule has 0 saturated carbocycles. The molecule has 0 aliphatic heterocycles. The Morgan fingerprint density at radius 3 is 1.64 bits per heavy atom. The summed E-state index contributed by atoms with van der Waals surface area (Å²) in [6.45, 7) is 3.09. The molecule has 0 radical (unpaired) electrons. The summed E-state index contributed by atoms with van der Waals surface area (Å²) in [6.07, 6.45) is 1.64. The molecule has 0 unspecified atom stereocenters. The lowest BCUT2D eigenvalue weighted by Crippen LogP contribution is -2.66. The zero-order valence-electron chi connectivity index (χ0n) is 32.4. The van der Waals surface area contributed by atoms with Crippen LogP contribution < -0.4 is 31.4 Å². The second-order valence-corrected chi connectivity index (χ2v) is 17.9. The molecule has 0 saturated heterocycles. The minimum Gasteiger partial charge on any atom is -0.435 e. The minimum absolute atomic E-state index is 0.0506. The van der Waals surface area contributed by atoms with Crippen LogP contribution >= 0.6 is 0 Å². The molecule has 0 atom stereocenters. The van der Waals surface area contributed by atoms with Crippen molar-refractivity contribution in [2.24, 2.45) is 0 Å². The fourth-order valence-electron chi connectivity index (χ4n) is 5.93. The highest BCUT2D eigenvalue weighted by Crippen LogP contribution is 2.37. The smallest absolute Gasteiger partial charge is 0.435 e. The van der Waals surface area contributed by atoms with Gasteiger partial charge in [-0.15, -0.1) is 10.2 Å². The molecule has 12 nitrogen and oxygen atoms in total. The lowest BCUT2D eigenvalue weighted by molar-refractivity contribution is -0.0505. The molecule has 0 fully saturated rings. The quantitative estimate of drug-likeness (QED) is 0.0866. The number of aliphatic hydroxyl groups excluding tert-OH is 1. The number of nitrogens with one attached hydrogen (secondary N) is 1. The van der Waals surface area contributed by atoms with Crippen molar-refractivity contribution < 1.29 is 45.4 Å². The van der Waals surface area contributed by atoms with Crippen LogP contribution in [0.3, 0.4) is 0 Å². The molecule has 0 bridgehead atoms. The summed E-state index contributed by atoms with van der Waals surface area (Å²) in [6, 6.07) is 32.9. The molecule has 2 heterocycles. The number of aromatic amines is 1. The van der Waals surface area contributed by atoms with Crippen LogP contribution in [0.25, 0.3) is 0 Å². The number of rotatable bonds is 15. The summed E-state index contributed by atoms with van der Waals surface area (Å²) in [5, 5.41) is 20.6. The van der Waals surface area contributed by atoms with E-state index >= 15 is 0 Å². The fourth-order valence-corrected chi connectivity index (χ4v) is 10.4. The number of halogens is 4. The highest BCUT2D eigenvalue weighted by molar-refractivity contribution is 6.99. The maximum atomic E-state index is 12.5. The summed E-state index contributed by atoms with van der Waals surface area (Å²) >= 11 is 0. The second-order valence-electron chi connectivity index (χ2n) is 13.6. The predicted octanol–water partition coefficient (Wildman–Crippen LogP) is 6.51. The standard InChI is InChI=1S/C28H30F2N2O4Si.C9H10F2O2.C4H6N2O2/c1-28(2,3)37(23-10-6-4-7-11-23,24-12-8-5-9-13-24)34-20-25-31-32(27(33)36-25)19-18-21-14-16-22(17-15-21)35-26(29)30;10-9(11)13-8-3-1-7(2-4-8)5-6-12;1-2-3-5-6-4(7)8-3/h4-17,26H,18-20H2,1-3H3;1-4,9,12H,5-6H2;2H2,1H3,(H,6,7). The van der Waals surface area contributed by atoms with Crippen LogP contribution in [-0.4, -0.2) is 53.2 Å². The van der Waals surface area contributed by atoms with Gasteiger partial charge >= 0.3 is 24.7 Å². The first kappa shape index (κ1) is 44.9. The van der Waals surface area contributed by atoms with Crippen molar-refractivity contribution >= 4 is 18.7 Å². The first-order valence-corrected chi connectivity index (χ1v) is 20.2. The van der Waals surface area contributed by atoms with Crippen molar-refractivity contribution in [3.63, 3.8) is 0 Å². The zero-order valence-corrected chi connectivity index (χ0v) is 33.4. The van der Waals surface area contributed by atoms with E-state index < -0.39 is 33.1 Å². The van der Waals surface area contributed by atoms with E-state index in [0.717, 1.165) is 21.5 Å². The minimum atomic E-state index is -2.87. The Balaban J connectivity index is 0.000000287. The SMILES string of the molecule is CC(C)(C)[Si](OCc1nn(CCc2ccc(OC(F)F)cc2)c(=O)o1)(c1ccccc1)c1ccccc1.CCc1n[nH]c(=O)o1.OCCc1ccc(OC(F)F)cc1.